The van der Waals surface area contributed by atoms with Gasteiger partial charge in [0.15, 0.2) is 12.2 Å². The molecule has 0 saturated heterocycles. The second kappa shape index (κ2) is 83.4. The molecule has 19 heteroatoms. The molecule has 0 rings (SSSR count). The third-order valence-electron chi connectivity index (χ3n) is 17.6. The van der Waals surface area contributed by atoms with E-state index >= 15 is 0 Å². The molecule has 0 aliphatic rings. The van der Waals surface area contributed by atoms with Crippen molar-refractivity contribution in [2.45, 2.75) is 354 Å². The smallest absolute Gasteiger partial charge is 0.462 e. The number of allylic oxidation sites excluding steroid dienone is 28. The van der Waals surface area contributed by atoms with E-state index in [9.17, 15) is 43.2 Å². The number of rotatable bonds is 80. The molecule has 0 aromatic carbocycles. The maximum absolute atomic E-state index is 13.2. The second-order valence-corrected chi connectivity index (χ2v) is 31.3. The maximum atomic E-state index is 13.2. The number of aliphatic hydroxyl groups excluding tert-OH is 1. The van der Waals surface area contributed by atoms with E-state index in [1.807, 2.05) is 0 Å². The van der Waals surface area contributed by atoms with Gasteiger partial charge in [-0.1, -0.05) is 301 Å². The van der Waals surface area contributed by atoms with Crippen LogP contribution in [-0.4, -0.2) is 96.7 Å². The highest BCUT2D eigenvalue weighted by Crippen LogP contribution is 2.45. The standard InChI is InChI=1S/C93H154O17P2/c1-5-9-13-17-21-25-29-33-37-41-43-47-49-53-57-61-65-69-73-77-90(95)103-83-88(109-92(97)79-75-71-67-63-59-55-51-45-39-35-31-27-23-19-15-11-7-3)85-107-111(99,100)105-81-87(94)82-106-112(101,102)108-86-89(110-93(98)80-76-72-68-64-60-56-52-46-40-36-32-28-24-20-16-12-8-4)84-104-91(96)78-74-70-66-62-58-54-50-48-44-42-38-34-30-26-22-18-14-10-6-2/h11-12,15-16,21-28,33-40,43-44,47-48,51-52,55-56,87-89,94H,5-10,13-14,17-20,29-32,41-42,45-46,49-50,53-54,57-86H2,1-4H3,(H,99,100)(H,101,102)/b15-11-,16-12-,25-21-,26-22-,27-23-,28-24-,37-33-,38-34-,39-35-,40-36-,47-43-,48-44-,55-51-,56-52-. The Hall–Kier alpha value is -5.58. The van der Waals surface area contributed by atoms with E-state index in [1.54, 1.807) is 0 Å². The van der Waals surface area contributed by atoms with Gasteiger partial charge in [0.2, 0.25) is 0 Å². The third kappa shape index (κ3) is 82.4. The number of aliphatic hydroxyl groups is 1. The Bertz CT molecular complexity index is 2600. The maximum Gasteiger partial charge on any atom is 0.472 e. The molecule has 0 aromatic rings. The number of esters is 4. The van der Waals surface area contributed by atoms with Crippen LogP contribution >= 0.6 is 15.6 Å². The summed E-state index contributed by atoms with van der Waals surface area (Å²) in [5, 5.41) is 10.7. The van der Waals surface area contributed by atoms with Crippen molar-refractivity contribution in [3.63, 3.8) is 0 Å². The predicted molar refractivity (Wildman–Crippen MR) is 463 cm³/mol. The zero-order valence-electron chi connectivity index (χ0n) is 70.0. The lowest BCUT2D eigenvalue weighted by molar-refractivity contribution is -0.161. The van der Waals surface area contributed by atoms with Crippen molar-refractivity contribution < 1.29 is 80.2 Å². The van der Waals surface area contributed by atoms with Gasteiger partial charge in [0, 0.05) is 25.7 Å². The second-order valence-electron chi connectivity index (χ2n) is 28.4. The zero-order valence-corrected chi connectivity index (χ0v) is 71.8. The predicted octanol–water partition coefficient (Wildman–Crippen LogP) is 26.1. The van der Waals surface area contributed by atoms with Crippen molar-refractivity contribution in [2.24, 2.45) is 0 Å². The van der Waals surface area contributed by atoms with Crippen molar-refractivity contribution in [3.05, 3.63) is 170 Å². The molecule has 112 heavy (non-hydrogen) atoms. The van der Waals surface area contributed by atoms with Crippen LogP contribution in [0, 0.1) is 0 Å². The summed E-state index contributed by atoms with van der Waals surface area (Å²) < 4.78 is 68.8. The van der Waals surface area contributed by atoms with E-state index in [0.717, 1.165) is 218 Å². The number of ether oxygens (including phenoxy) is 4. The van der Waals surface area contributed by atoms with Gasteiger partial charge in [-0.3, -0.25) is 37.3 Å². The molecule has 638 valence electrons. The summed E-state index contributed by atoms with van der Waals surface area (Å²) in [7, 11) is -10.0. The van der Waals surface area contributed by atoms with Crippen molar-refractivity contribution in [1.29, 1.82) is 0 Å². The number of carbonyl (C=O) groups is 4. The van der Waals surface area contributed by atoms with Gasteiger partial charge in [-0.05, 0) is 180 Å². The Kier molecular flexibility index (Phi) is 79.2. The van der Waals surface area contributed by atoms with E-state index in [2.05, 4.69) is 198 Å². The third-order valence-corrected chi connectivity index (χ3v) is 19.5. The summed E-state index contributed by atoms with van der Waals surface area (Å²) >= 11 is 0. The lowest BCUT2D eigenvalue weighted by Gasteiger charge is -2.21. The molecule has 0 saturated carbocycles. The van der Waals surface area contributed by atoms with Gasteiger partial charge in [-0.15, -0.1) is 0 Å². The SMILES string of the molecule is CC/C=C\C/C=C\C/C=C\C/C=C\CCCCCCC(=O)OC(COC(=O)CCCCCCCC/C=C\C/C=C\C/C=C\CCCCC)COP(=O)(O)OCC(O)COP(=O)(O)OCC(COC(=O)CCCCCCCC/C=C\C/C=C\C/C=C\CCCCC)OC(=O)CCCCCC/C=C\C/C=C\C/C=C\C/C=C\CC. The van der Waals surface area contributed by atoms with Crippen LogP contribution in [0.5, 0.6) is 0 Å². The Morgan fingerprint density at radius 2 is 0.464 bits per heavy atom. The molecule has 0 fully saturated rings. The van der Waals surface area contributed by atoms with Crippen LogP contribution in [0.3, 0.4) is 0 Å². The van der Waals surface area contributed by atoms with E-state index in [-0.39, 0.29) is 25.7 Å². The molecule has 4 atom stereocenters. The molecule has 0 aliphatic heterocycles. The Morgan fingerprint density at radius 3 is 0.714 bits per heavy atom. The van der Waals surface area contributed by atoms with Crippen LogP contribution in [-0.2, 0) is 65.4 Å². The van der Waals surface area contributed by atoms with Crippen molar-refractivity contribution in [3.8, 4) is 0 Å². The van der Waals surface area contributed by atoms with Crippen LogP contribution in [0.4, 0.5) is 0 Å². The lowest BCUT2D eigenvalue weighted by Crippen LogP contribution is -2.30. The highest BCUT2D eigenvalue weighted by Gasteiger charge is 2.30. The molecular weight excluding hydrogens is 1450 g/mol. The Balaban J connectivity index is 5.47. The minimum absolute atomic E-state index is 0.0577. The zero-order chi connectivity index (χ0) is 81.7. The summed E-state index contributed by atoms with van der Waals surface area (Å²) in [4.78, 5) is 73.3. The van der Waals surface area contributed by atoms with Crippen LogP contribution in [0.25, 0.3) is 0 Å². The van der Waals surface area contributed by atoms with Crippen LogP contribution in [0.1, 0.15) is 336 Å². The van der Waals surface area contributed by atoms with Gasteiger partial charge in [0.25, 0.3) is 0 Å². The van der Waals surface area contributed by atoms with Gasteiger partial charge in [-0.2, -0.15) is 0 Å². The van der Waals surface area contributed by atoms with Gasteiger partial charge in [0.05, 0.1) is 26.4 Å². The molecule has 0 bridgehead atoms. The van der Waals surface area contributed by atoms with E-state index in [1.165, 1.54) is 38.5 Å². The van der Waals surface area contributed by atoms with Crippen molar-refractivity contribution in [1.82, 2.24) is 0 Å². The van der Waals surface area contributed by atoms with E-state index in [4.69, 9.17) is 37.0 Å². The molecule has 0 aromatic heterocycles. The first kappa shape index (κ1) is 106. The van der Waals surface area contributed by atoms with E-state index < -0.39 is 97.5 Å². The average Bonchev–Trinajstić information content (AvgIpc) is 0.897. The molecule has 17 nitrogen and oxygen atoms in total. The normalized spacial score (nSPS) is 14.6. The lowest BCUT2D eigenvalue weighted by atomic mass is 10.1. The summed E-state index contributed by atoms with van der Waals surface area (Å²) in [6, 6.07) is 0. The molecule has 0 spiro atoms. The first-order valence-electron chi connectivity index (χ1n) is 43.4. The number of phosphoric ester groups is 2. The Morgan fingerprint density at radius 1 is 0.259 bits per heavy atom. The molecule has 0 aliphatic carbocycles. The van der Waals surface area contributed by atoms with Gasteiger partial charge in [-0.25, -0.2) is 9.13 Å². The van der Waals surface area contributed by atoms with Crippen LogP contribution in [0.15, 0.2) is 170 Å². The van der Waals surface area contributed by atoms with Crippen molar-refractivity contribution >= 4 is 39.5 Å². The van der Waals surface area contributed by atoms with E-state index in [0.29, 0.717) is 25.7 Å². The number of hydrogen-bond donors (Lipinski definition) is 3. The highest BCUT2D eigenvalue weighted by atomic mass is 31.2. The van der Waals surface area contributed by atoms with Crippen LogP contribution < -0.4 is 0 Å². The molecule has 0 amide bonds. The van der Waals surface area contributed by atoms with Gasteiger partial charge >= 0.3 is 39.5 Å². The first-order chi connectivity index (χ1) is 54.7. The number of phosphoric acid groups is 2. The quantitative estimate of drug-likeness (QED) is 0.0169. The van der Waals surface area contributed by atoms with Gasteiger partial charge < -0.3 is 33.8 Å². The summed E-state index contributed by atoms with van der Waals surface area (Å²) in [6.45, 7) is 4.53. The summed E-state index contributed by atoms with van der Waals surface area (Å²) in [5.74, 6) is -2.26. The topological polar surface area (TPSA) is 237 Å². The fourth-order valence-electron chi connectivity index (χ4n) is 11.1. The largest absolute Gasteiger partial charge is 0.472 e. The van der Waals surface area contributed by atoms with Crippen molar-refractivity contribution in [2.75, 3.05) is 39.6 Å². The number of hydrogen-bond acceptors (Lipinski definition) is 15. The molecule has 3 N–H and O–H groups in total. The number of unbranched alkanes of at least 4 members (excludes halogenated alkanes) is 26. The fourth-order valence-corrected chi connectivity index (χ4v) is 12.7. The van der Waals surface area contributed by atoms with Crippen LogP contribution in [0.2, 0.25) is 0 Å². The highest BCUT2D eigenvalue weighted by molar-refractivity contribution is 7.47. The minimum atomic E-state index is -5.00. The molecular formula is C93H154O17P2. The number of carbonyl (C=O) groups excluding carboxylic acids is 4. The molecule has 0 heterocycles. The Labute approximate surface area is 680 Å². The van der Waals surface area contributed by atoms with Gasteiger partial charge in [0.1, 0.15) is 19.3 Å². The molecule has 0 radical (unpaired) electrons. The molecule has 4 unspecified atom stereocenters. The summed E-state index contributed by atoms with van der Waals surface area (Å²) in [5.41, 5.74) is 0. The fraction of sp³-hybridized carbons (Fsp3) is 0.656. The average molecular weight is 1610 g/mol. The first-order valence-corrected chi connectivity index (χ1v) is 46.4. The minimum Gasteiger partial charge on any atom is -0.462 e. The summed E-state index contributed by atoms with van der Waals surface area (Å²) in [6.07, 6.45) is 100. The monoisotopic (exact) mass is 1610 g/mol.